The normalized spacial score (nSPS) is 13.4. The van der Waals surface area contributed by atoms with Crippen LogP contribution in [-0.4, -0.2) is 32.4 Å². The van der Waals surface area contributed by atoms with Crippen LogP contribution in [0.1, 0.15) is 52.9 Å². The largest absolute Gasteiger partial charge is 0.493 e. The number of rotatable bonds is 9. The van der Waals surface area contributed by atoms with Crippen molar-refractivity contribution >= 4 is 16.0 Å². The van der Waals surface area contributed by atoms with Crippen molar-refractivity contribution in [2.75, 3.05) is 7.11 Å². The van der Waals surface area contributed by atoms with E-state index in [-0.39, 0.29) is 23.8 Å². The van der Waals surface area contributed by atoms with Crippen LogP contribution in [-0.2, 0) is 35.2 Å². The number of amides is 1. The lowest BCUT2D eigenvalue weighted by molar-refractivity contribution is -0.143. The lowest BCUT2D eigenvalue weighted by atomic mass is 10.0. The van der Waals surface area contributed by atoms with Crippen LogP contribution in [0.15, 0.2) is 65.6 Å². The molecular weight excluding hydrogens is 633 g/mol. The summed E-state index contributed by atoms with van der Waals surface area (Å²) in [6.07, 6.45) is -15.0. The molecule has 0 spiro atoms. The fraction of sp³-hybridized carbons (Fsp3) is 0.321. The van der Waals surface area contributed by atoms with Crippen LogP contribution in [0, 0.1) is 0 Å². The van der Waals surface area contributed by atoms with E-state index in [0.717, 1.165) is 30.2 Å². The maximum atomic E-state index is 13.4. The Balaban J connectivity index is 2.03. The monoisotopic (exact) mass is 657 g/mol. The summed E-state index contributed by atoms with van der Waals surface area (Å²) < 4.78 is 156. The zero-order valence-electron chi connectivity index (χ0n) is 23.1. The van der Waals surface area contributed by atoms with Gasteiger partial charge in [0.1, 0.15) is 4.90 Å². The predicted molar refractivity (Wildman–Crippen MR) is 138 cm³/mol. The van der Waals surface area contributed by atoms with Gasteiger partial charge in [-0.3, -0.25) is 4.79 Å². The number of hydrogen-bond acceptors (Lipinski definition) is 5. The number of nitrogens with zero attached hydrogens (tertiary/aromatic N) is 1. The highest BCUT2D eigenvalue weighted by atomic mass is 32.2. The molecule has 0 aliphatic carbocycles. The summed E-state index contributed by atoms with van der Waals surface area (Å²) in [5.41, 5.74) is -5.39. The summed E-state index contributed by atoms with van der Waals surface area (Å²) in [7, 11) is -3.73. The van der Waals surface area contributed by atoms with Gasteiger partial charge in [0.15, 0.2) is 11.5 Å². The lowest BCUT2D eigenvalue weighted by Crippen LogP contribution is -2.38. The summed E-state index contributed by atoms with van der Waals surface area (Å²) in [5, 5.41) is 0. The van der Waals surface area contributed by atoms with Crippen LogP contribution < -0.4 is 8.92 Å². The van der Waals surface area contributed by atoms with E-state index in [0.29, 0.717) is 24.3 Å². The van der Waals surface area contributed by atoms with Gasteiger partial charge in [-0.25, -0.2) is 0 Å². The zero-order chi connectivity index (χ0) is 33.3. The van der Waals surface area contributed by atoms with Crippen molar-refractivity contribution in [3.8, 4) is 11.5 Å². The Labute approximate surface area is 246 Å². The van der Waals surface area contributed by atoms with Gasteiger partial charge in [0.05, 0.1) is 23.8 Å². The molecule has 0 radical (unpaired) electrons. The third-order valence-corrected chi connectivity index (χ3v) is 7.68. The molecule has 0 aliphatic rings. The molecule has 240 valence electrons. The second-order valence-electron chi connectivity index (χ2n) is 9.53. The van der Waals surface area contributed by atoms with Crippen molar-refractivity contribution in [3.05, 3.63) is 88.5 Å². The van der Waals surface area contributed by atoms with Gasteiger partial charge >= 0.3 is 28.6 Å². The maximum Gasteiger partial charge on any atom is 0.416 e. The molecule has 6 nitrogen and oxygen atoms in total. The molecule has 0 aromatic heterocycles. The predicted octanol–water partition coefficient (Wildman–Crippen LogP) is 7.96. The average molecular weight is 658 g/mol. The highest BCUT2D eigenvalue weighted by molar-refractivity contribution is 7.87. The van der Waals surface area contributed by atoms with E-state index in [9.17, 15) is 52.7 Å². The van der Waals surface area contributed by atoms with Gasteiger partial charge in [-0.1, -0.05) is 19.1 Å². The molecule has 44 heavy (non-hydrogen) atoms. The topological polar surface area (TPSA) is 72.9 Å². The highest BCUT2D eigenvalue weighted by Gasteiger charge is 2.38. The molecule has 1 amide bonds. The summed E-state index contributed by atoms with van der Waals surface area (Å²) in [6, 6.07) is 6.12. The third-order valence-electron chi connectivity index (χ3n) is 6.45. The second-order valence-corrected chi connectivity index (χ2v) is 11.1. The quantitative estimate of drug-likeness (QED) is 0.173. The molecule has 3 aromatic carbocycles. The first-order valence-corrected chi connectivity index (χ1v) is 14.0. The van der Waals surface area contributed by atoms with Gasteiger partial charge in [-0.15, -0.1) is 0 Å². The van der Waals surface area contributed by atoms with Crippen LogP contribution in [0.25, 0.3) is 0 Å². The maximum absolute atomic E-state index is 13.4. The first-order chi connectivity index (χ1) is 20.2. The van der Waals surface area contributed by atoms with Crippen LogP contribution >= 0.6 is 0 Å². The minimum absolute atomic E-state index is 0.108. The number of halogens is 9. The van der Waals surface area contributed by atoms with Crippen LogP contribution in [0.2, 0.25) is 0 Å². The van der Waals surface area contributed by atoms with Crippen LogP contribution in [0.4, 0.5) is 39.5 Å². The Kier molecular flexibility index (Phi) is 9.87. The molecule has 0 unspecified atom stereocenters. The number of ether oxygens (including phenoxy) is 1. The van der Waals surface area contributed by atoms with E-state index in [4.69, 9.17) is 8.92 Å². The van der Waals surface area contributed by atoms with E-state index in [2.05, 4.69) is 0 Å². The summed E-state index contributed by atoms with van der Waals surface area (Å²) in [4.78, 5) is 13.5. The van der Waals surface area contributed by atoms with Crippen molar-refractivity contribution in [2.24, 2.45) is 0 Å². The first-order valence-electron chi connectivity index (χ1n) is 12.6. The molecule has 3 rings (SSSR count). The fourth-order valence-electron chi connectivity index (χ4n) is 3.97. The molecule has 1 atom stereocenters. The van der Waals surface area contributed by atoms with E-state index in [1.54, 1.807) is 6.92 Å². The molecular formula is C28H24F9NO5S. The van der Waals surface area contributed by atoms with Crippen LogP contribution in [0.3, 0.4) is 0 Å². The van der Waals surface area contributed by atoms with Crippen molar-refractivity contribution in [2.45, 2.75) is 56.3 Å². The highest BCUT2D eigenvalue weighted by Crippen LogP contribution is 2.38. The fourth-order valence-corrected chi connectivity index (χ4v) is 4.95. The molecule has 0 fully saturated rings. The smallest absolute Gasteiger partial charge is 0.416 e. The van der Waals surface area contributed by atoms with Crippen molar-refractivity contribution in [1.82, 2.24) is 4.90 Å². The van der Waals surface area contributed by atoms with E-state index in [1.807, 2.05) is 0 Å². The summed E-state index contributed by atoms with van der Waals surface area (Å²) in [5.74, 6) is -1.86. The summed E-state index contributed by atoms with van der Waals surface area (Å²) in [6.45, 7) is 2.67. The first kappa shape index (κ1) is 34.5. The Morgan fingerprint density at radius 2 is 1.36 bits per heavy atom. The molecule has 0 aliphatic heterocycles. The third kappa shape index (κ3) is 8.15. The number of carbonyl (C=O) groups is 1. The molecule has 3 aromatic rings. The molecule has 16 heteroatoms. The van der Waals surface area contributed by atoms with Gasteiger partial charge in [0.25, 0.3) is 5.91 Å². The minimum atomic E-state index is -5.19. The Morgan fingerprint density at radius 1 is 0.795 bits per heavy atom. The molecule has 0 heterocycles. The number of methoxy groups -OCH3 is 1. The molecule has 0 saturated heterocycles. The number of hydrogen-bond donors (Lipinski definition) is 0. The van der Waals surface area contributed by atoms with Crippen molar-refractivity contribution < 1.29 is 61.6 Å². The second kappa shape index (κ2) is 12.6. The number of alkyl halides is 9. The van der Waals surface area contributed by atoms with Crippen molar-refractivity contribution in [3.63, 3.8) is 0 Å². The van der Waals surface area contributed by atoms with E-state index < -0.39 is 80.0 Å². The standard InChI is InChI=1S/C28H24F9NO5S/c1-4-16(2)38(25(39)18-11-20(27(32,33)34)13-21(12-18)28(35,36)37)15-17-8-9-23(42-3)24(10-17)43-44(40,41)22-7-5-6-19(14-22)26(29,30)31/h5-14,16H,4,15H2,1-3H3/t16-/m1/s1. The lowest BCUT2D eigenvalue weighted by Gasteiger charge is -2.29. The van der Waals surface area contributed by atoms with Crippen LogP contribution in [0.5, 0.6) is 11.5 Å². The van der Waals surface area contributed by atoms with Gasteiger partial charge in [-0.2, -0.15) is 47.9 Å². The van der Waals surface area contributed by atoms with Gasteiger partial charge in [0, 0.05) is 18.2 Å². The molecule has 0 bridgehead atoms. The Bertz CT molecular complexity index is 1580. The molecule has 0 N–H and O–H groups in total. The van der Waals surface area contributed by atoms with Gasteiger partial charge in [0.2, 0.25) is 0 Å². The SMILES string of the molecule is CC[C@@H](C)N(Cc1ccc(OC)c(OS(=O)(=O)c2cccc(C(F)(F)F)c2)c1)C(=O)c1cc(C(F)(F)F)cc(C(F)(F)F)c1. The zero-order valence-corrected chi connectivity index (χ0v) is 23.9. The Morgan fingerprint density at radius 3 is 1.86 bits per heavy atom. The minimum Gasteiger partial charge on any atom is -0.493 e. The van der Waals surface area contributed by atoms with Gasteiger partial charge in [-0.05, 0) is 67.4 Å². The average Bonchev–Trinajstić information content (AvgIpc) is 2.93. The van der Waals surface area contributed by atoms with Gasteiger partial charge < -0.3 is 13.8 Å². The molecule has 0 saturated carbocycles. The summed E-state index contributed by atoms with van der Waals surface area (Å²) >= 11 is 0. The number of carbonyl (C=O) groups excluding carboxylic acids is 1. The van der Waals surface area contributed by atoms with E-state index in [1.165, 1.54) is 19.1 Å². The van der Waals surface area contributed by atoms with E-state index >= 15 is 0 Å². The number of benzene rings is 3. The Hall–Kier alpha value is -3.95. The van der Waals surface area contributed by atoms with Crippen molar-refractivity contribution in [1.29, 1.82) is 0 Å².